The zero-order valence-electron chi connectivity index (χ0n) is 13.4. The summed E-state index contributed by atoms with van der Waals surface area (Å²) < 4.78 is 0.876. The Hall–Kier alpha value is -2.03. The molecule has 1 aliphatic rings. The average Bonchev–Trinajstić information content (AvgIpc) is 2.58. The minimum atomic E-state index is -0.566. The molecule has 0 atom stereocenters. The van der Waals surface area contributed by atoms with Crippen molar-refractivity contribution < 1.29 is 14.7 Å². The van der Waals surface area contributed by atoms with Gasteiger partial charge < -0.3 is 5.11 Å². The van der Waals surface area contributed by atoms with Crippen molar-refractivity contribution in [3.8, 4) is 5.75 Å². The van der Waals surface area contributed by atoms with Gasteiger partial charge in [-0.25, -0.2) is 0 Å². The number of rotatable bonds is 2. The highest BCUT2D eigenvalue weighted by atomic mass is 79.9. The maximum Gasteiger partial charge on any atom is 0.270 e. The summed E-state index contributed by atoms with van der Waals surface area (Å²) in [5.74, 6) is -1.04. The van der Waals surface area contributed by atoms with E-state index in [-0.39, 0.29) is 16.4 Å². The number of halogens is 2. The number of phenols is 1. The third-order valence-electron chi connectivity index (χ3n) is 3.74. The molecular weight excluding hydrogens is 484 g/mol. The monoisotopic (exact) mass is 494 g/mol. The molecule has 2 aromatic carbocycles. The van der Waals surface area contributed by atoms with Crippen molar-refractivity contribution in [1.82, 2.24) is 5.32 Å². The van der Waals surface area contributed by atoms with Crippen LogP contribution < -0.4 is 10.2 Å². The number of hydrogen-bond acceptors (Lipinski definition) is 4. The van der Waals surface area contributed by atoms with Crippen molar-refractivity contribution in [1.29, 1.82) is 0 Å². The molecule has 0 unspecified atom stereocenters. The molecule has 132 valence electrons. The molecule has 2 aromatic rings. The van der Waals surface area contributed by atoms with Crippen LogP contribution in [-0.4, -0.2) is 22.0 Å². The van der Waals surface area contributed by atoms with E-state index in [4.69, 9.17) is 12.2 Å². The van der Waals surface area contributed by atoms with E-state index in [1.54, 1.807) is 24.3 Å². The van der Waals surface area contributed by atoms with Gasteiger partial charge in [-0.2, -0.15) is 0 Å². The van der Waals surface area contributed by atoms with Gasteiger partial charge in [0.15, 0.2) is 5.11 Å². The summed E-state index contributed by atoms with van der Waals surface area (Å²) >= 11 is 11.6. The van der Waals surface area contributed by atoms with Crippen LogP contribution in [0.4, 0.5) is 5.69 Å². The predicted octanol–water partition coefficient (Wildman–Crippen LogP) is 4.06. The normalized spacial score (nSPS) is 16.2. The highest BCUT2D eigenvalue weighted by Crippen LogP contribution is 2.34. The fourth-order valence-corrected chi connectivity index (χ4v) is 3.92. The van der Waals surface area contributed by atoms with Gasteiger partial charge in [0.1, 0.15) is 11.3 Å². The van der Waals surface area contributed by atoms with Gasteiger partial charge in [0.2, 0.25) is 0 Å². The van der Waals surface area contributed by atoms with Crippen LogP contribution in [0, 0.1) is 6.92 Å². The van der Waals surface area contributed by atoms with Gasteiger partial charge in [0, 0.05) is 0 Å². The van der Waals surface area contributed by atoms with Crippen LogP contribution in [0.2, 0.25) is 0 Å². The van der Waals surface area contributed by atoms with E-state index in [2.05, 4.69) is 37.2 Å². The quantitative estimate of drug-likeness (QED) is 0.374. The van der Waals surface area contributed by atoms with E-state index in [1.165, 1.54) is 11.0 Å². The number of benzene rings is 2. The van der Waals surface area contributed by atoms with Crippen LogP contribution in [0.1, 0.15) is 11.1 Å². The molecule has 8 heteroatoms. The fraction of sp³-hybridized carbons (Fsp3) is 0.0556. The second kappa shape index (κ2) is 7.30. The highest BCUT2D eigenvalue weighted by molar-refractivity contribution is 9.11. The Labute approximate surface area is 172 Å². The van der Waals surface area contributed by atoms with Gasteiger partial charge in [-0.3, -0.25) is 19.8 Å². The predicted molar refractivity (Wildman–Crippen MR) is 111 cm³/mol. The molecule has 0 saturated carbocycles. The Balaban J connectivity index is 2.04. The Morgan fingerprint density at radius 3 is 2.27 bits per heavy atom. The minimum Gasteiger partial charge on any atom is -0.506 e. The molecule has 2 amide bonds. The number of phenolic OH excluding ortho intramolecular Hbond substituents is 1. The fourth-order valence-electron chi connectivity index (χ4n) is 2.42. The third-order valence-corrected chi connectivity index (χ3v) is 5.24. The van der Waals surface area contributed by atoms with Crippen LogP contribution in [0.25, 0.3) is 6.08 Å². The van der Waals surface area contributed by atoms with Crippen LogP contribution in [-0.2, 0) is 9.59 Å². The van der Waals surface area contributed by atoms with Gasteiger partial charge in [0.05, 0.1) is 14.6 Å². The number of amides is 2. The molecule has 3 rings (SSSR count). The second-order valence-electron chi connectivity index (χ2n) is 5.63. The minimum absolute atomic E-state index is 0.0361. The lowest BCUT2D eigenvalue weighted by molar-refractivity contribution is -0.122. The molecule has 0 aromatic heterocycles. The second-order valence-corrected chi connectivity index (χ2v) is 7.72. The van der Waals surface area contributed by atoms with Crippen LogP contribution in [0.3, 0.4) is 0 Å². The van der Waals surface area contributed by atoms with Crippen LogP contribution in [0.15, 0.2) is 50.9 Å². The SMILES string of the molecule is Cc1ccc(N2C(=O)/C(=C/c3cc(Br)c(O)c(Br)c3)C(=O)NC2=S)cc1. The van der Waals surface area contributed by atoms with E-state index in [1.807, 2.05) is 19.1 Å². The smallest absolute Gasteiger partial charge is 0.270 e. The van der Waals surface area contributed by atoms with E-state index in [0.29, 0.717) is 20.2 Å². The molecule has 0 aliphatic carbocycles. The summed E-state index contributed by atoms with van der Waals surface area (Å²) in [5.41, 5.74) is 2.13. The topological polar surface area (TPSA) is 69.6 Å². The number of thiocarbonyl (C=S) groups is 1. The Morgan fingerprint density at radius 1 is 1.12 bits per heavy atom. The molecule has 5 nitrogen and oxygen atoms in total. The molecule has 26 heavy (non-hydrogen) atoms. The number of nitrogens with one attached hydrogen (secondary N) is 1. The van der Waals surface area contributed by atoms with E-state index in [9.17, 15) is 14.7 Å². The standard InChI is InChI=1S/C18H12Br2N2O3S/c1-9-2-4-11(5-3-9)22-17(25)12(16(24)21-18(22)26)6-10-7-13(19)15(23)14(20)8-10/h2-8,23H,1H3,(H,21,24,26)/b12-6+. The number of anilines is 1. The summed E-state index contributed by atoms with van der Waals surface area (Å²) in [6.45, 7) is 1.94. The first-order valence-electron chi connectivity index (χ1n) is 7.44. The van der Waals surface area contributed by atoms with E-state index in [0.717, 1.165) is 5.56 Å². The van der Waals surface area contributed by atoms with Gasteiger partial charge in [-0.1, -0.05) is 17.7 Å². The number of carbonyl (C=O) groups is 2. The van der Waals surface area contributed by atoms with Gasteiger partial charge in [-0.05, 0) is 86.9 Å². The molecule has 0 bridgehead atoms. The zero-order chi connectivity index (χ0) is 19.0. The van der Waals surface area contributed by atoms with Crippen molar-refractivity contribution in [2.75, 3.05) is 4.90 Å². The zero-order valence-corrected chi connectivity index (χ0v) is 17.4. The average molecular weight is 496 g/mol. The number of aryl methyl sites for hydroxylation is 1. The first-order valence-corrected chi connectivity index (χ1v) is 9.43. The van der Waals surface area contributed by atoms with Gasteiger partial charge in [-0.15, -0.1) is 0 Å². The van der Waals surface area contributed by atoms with Crippen LogP contribution in [0.5, 0.6) is 5.75 Å². The van der Waals surface area contributed by atoms with Crippen molar-refractivity contribution in [2.45, 2.75) is 6.92 Å². The summed E-state index contributed by atoms with van der Waals surface area (Å²) in [4.78, 5) is 26.5. The maximum atomic E-state index is 12.9. The van der Waals surface area contributed by atoms with Crippen molar-refractivity contribution in [3.05, 3.63) is 62.0 Å². The largest absolute Gasteiger partial charge is 0.506 e. The first kappa shape index (κ1) is 18.8. The lowest BCUT2D eigenvalue weighted by Crippen LogP contribution is -2.54. The number of nitrogens with zero attached hydrogens (tertiary/aromatic N) is 1. The molecule has 2 N–H and O–H groups in total. The van der Waals surface area contributed by atoms with Gasteiger partial charge in [0.25, 0.3) is 11.8 Å². The molecule has 1 heterocycles. The molecular formula is C18H12Br2N2O3S. The van der Waals surface area contributed by atoms with Crippen LogP contribution >= 0.6 is 44.1 Å². The highest BCUT2D eigenvalue weighted by Gasteiger charge is 2.34. The molecule has 0 spiro atoms. The number of carbonyl (C=O) groups excluding carboxylic acids is 2. The van der Waals surface area contributed by atoms with E-state index < -0.39 is 11.8 Å². The molecule has 1 fully saturated rings. The maximum absolute atomic E-state index is 12.9. The molecule has 1 aliphatic heterocycles. The van der Waals surface area contributed by atoms with Crippen molar-refractivity contribution >= 4 is 72.8 Å². The molecule has 1 saturated heterocycles. The Kier molecular flexibility index (Phi) is 5.27. The van der Waals surface area contributed by atoms with E-state index >= 15 is 0 Å². The number of aromatic hydroxyl groups is 1. The van der Waals surface area contributed by atoms with Crippen molar-refractivity contribution in [3.63, 3.8) is 0 Å². The number of hydrogen-bond donors (Lipinski definition) is 2. The summed E-state index contributed by atoms with van der Waals surface area (Å²) in [6.07, 6.45) is 1.45. The first-order chi connectivity index (χ1) is 12.3. The lowest BCUT2D eigenvalue weighted by Gasteiger charge is -2.29. The summed E-state index contributed by atoms with van der Waals surface area (Å²) in [5, 5.41) is 12.4. The van der Waals surface area contributed by atoms with Gasteiger partial charge >= 0.3 is 0 Å². The van der Waals surface area contributed by atoms with Crippen molar-refractivity contribution in [2.24, 2.45) is 0 Å². The Morgan fingerprint density at radius 2 is 1.69 bits per heavy atom. The Bertz CT molecular complexity index is 948. The summed E-state index contributed by atoms with van der Waals surface area (Å²) in [6, 6.07) is 10.5. The third kappa shape index (κ3) is 3.58. The summed E-state index contributed by atoms with van der Waals surface area (Å²) in [7, 11) is 0. The molecule has 0 radical (unpaired) electrons. The lowest BCUT2D eigenvalue weighted by atomic mass is 10.1.